The van der Waals surface area contributed by atoms with Crippen molar-refractivity contribution in [2.75, 3.05) is 18.1 Å². The molecule has 13 heavy (non-hydrogen) atoms. The lowest BCUT2D eigenvalue weighted by molar-refractivity contribution is -0.139. The fraction of sp³-hybridized carbons (Fsp3) is 0.778. The quantitative estimate of drug-likeness (QED) is 0.581. The van der Waals surface area contributed by atoms with Crippen LogP contribution in [-0.2, 0) is 9.59 Å². The number of hydrogen-bond acceptors (Lipinski definition) is 3. The second kappa shape index (κ2) is 3.33. The molecule has 72 valence electrons. The van der Waals surface area contributed by atoms with E-state index in [1.807, 2.05) is 0 Å². The van der Waals surface area contributed by atoms with Gasteiger partial charge in [0.2, 0.25) is 5.91 Å². The van der Waals surface area contributed by atoms with Crippen LogP contribution in [-0.4, -0.2) is 29.7 Å². The van der Waals surface area contributed by atoms with Gasteiger partial charge in [-0.2, -0.15) is 11.8 Å². The molecule has 2 aliphatic heterocycles. The number of carbonyl (C=O) groups excluding carboxylic acids is 2. The number of rotatable bonds is 0. The molecule has 2 fully saturated rings. The van der Waals surface area contributed by atoms with Crippen molar-refractivity contribution in [2.24, 2.45) is 5.41 Å². The van der Waals surface area contributed by atoms with Crippen molar-refractivity contribution in [3.63, 3.8) is 0 Å². The monoisotopic (exact) mass is 199 g/mol. The third-order valence-electron chi connectivity index (χ3n) is 2.95. The van der Waals surface area contributed by atoms with E-state index in [2.05, 4.69) is 5.32 Å². The number of Topliss-reactive ketones (excluding diaryl/α,β-unsaturated/α-hetero) is 1. The summed E-state index contributed by atoms with van der Waals surface area (Å²) in [6.07, 6.45) is 2.02. The van der Waals surface area contributed by atoms with E-state index in [9.17, 15) is 9.59 Å². The van der Waals surface area contributed by atoms with Gasteiger partial charge < -0.3 is 5.32 Å². The van der Waals surface area contributed by atoms with Gasteiger partial charge >= 0.3 is 0 Å². The molecule has 0 radical (unpaired) electrons. The average molecular weight is 199 g/mol. The fourth-order valence-corrected chi connectivity index (χ4v) is 3.10. The highest BCUT2D eigenvalue weighted by Gasteiger charge is 2.48. The Hall–Kier alpha value is -0.510. The van der Waals surface area contributed by atoms with Crippen molar-refractivity contribution in [2.45, 2.75) is 19.3 Å². The minimum atomic E-state index is -0.635. The number of hydrogen-bond donors (Lipinski definition) is 1. The van der Waals surface area contributed by atoms with Crippen LogP contribution in [0.4, 0.5) is 0 Å². The molecule has 0 aromatic heterocycles. The Kier molecular flexibility index (Phi) is 2.32. The number of carbonyl (C=O) groups is 2. The molecule has 1 amide bonds. The van der Waals surface area contributed by atoms with Crippen molar-refractivity contribution in [3.8, 4) is 0 Å². The molecule has 0 aliphatic carbocycles. The minimum Gasteiger partial charge on any atom is -0.355 e. The molecule has 0 aromatic rings. The smallest absolute Gasteiger partial charge is 0.233 e. The molecule has 2 rings (SSSR count). The van der Waals surface area contributed by atoms with Gasteiger partial charge in [0.25, 0.3) is 0 Å². The number of ketones is 1. The predicted octanol–water partition coefficient (Wildman–Crippen LogP) is 0.589. The normalized spacial score (nSPS) is 34.8. The SMILES string of the molecule is O=C1CCSCCC12CCNC2=O. The average Bonchev–Trinajstić information content (AvgIpc) is 2.36. The number of amides is 1. The first-order chi connectivity index (χ1) is 6.26. The number of nitrogens with one attached hydrogen (secondary N) is 1. The third-order valence-corrected chi connectivity index (χ3v) is 3.94. The maximum atomic E-state index is 11.8. The zero-order valence-electron chi connectivity index (χ0n) is 7.47. The molecule has 4 heteroatoms. The van der Waals surface area contributed by atoms with Crippen LogP contribution in [0.25, 0.3) is 0 Å². The largest absolute Gasteiger partial charge is 0.355 e. The molecule has 2 aliphatic rings. The highest BCUT2D eigenvalue weighted by Crippen LogP contribution is 2.37. The summed E-state index contributed by atoms with van der Waals surface area (Å²) in [5.74, 6) is 1.96. The van der Waals surface area contributed by atoms with Crippen LogP contribution in [0.2, 0.25) is 0 Å². The maximum absolute atomic E-state index is 11.8. The predicted molar refractivity (Wildman–Crippen MR) is 51.6 cm³/mol. The highest BCUT2D eigenvalue weighted by molar-refractivity contribution is 7.99. The highest BCUT2D eigenvalue weighted by atomic mass is 32.2. The van der Waals surface area contributed by atoms with Crippen molar-refractivity contribution < 1.29 is 9.59 Å². The van der Waals surface area contributed by atoms with Crippen molar-refractivity contribution in [1.29, 1.82) is 0 Å². The summed E-state index contributed by atoms with van der Waals surface area (Å²) < 4.78 is 0. The lowest BCUT2D eigenvalue weighted by atomic mass is 9.78. The van der Waals surface area contributed by atoms with Gasteiger partial charge in [-0.15, -0.1) is 0 Å². The van der Waals surface area contributed by atoms with E-state index in [0.717, 1.165) is 17.9 Å². The first-order valence-electron chi connectivity index (χ1n) is 4.65. The molecule has 0 bridgehead atoms. The van der Waals surface area contributed by atoms with E-state index in [1.165, 1.54) is 0 Å². The summed E-state index contributed by atoms with van der Waals surface area (Å²) in [7, 11) is 0. The summed E-state index contributed by atoms with van der Waals surface area (Å²) in [5, 5.41) is 2.77. The van der Waals surface area contributed by atoms with E-state index in [0.29, 0.717) is 19.4 Å². The lowest BCUT2D eigenvalue weighted by Gasteiger charge is -2.21. The molecule has 1 atom stereocenters. The lowest BCUT2D eigenvalue weighted by Crippen LogP contribution is -2.38. The molecular formula is C9H13NO2S. The van der Waals surface area contributed by atoms with Crippen LogP contribution in [0.3, 0.4) is 0 Å². The molecule has 1 unspecified atom stereocenters. The van der Waals surface area contributed by atoms with Gasteiger partial charge in [-0.05, 0) is 18.6 Å². The zero-order chi connectivity index (χ0) is 9.31. The second-order valence-electron chi connectivity index (χ2n) is 3.62. The Morgan fingerprint density at radius 3 is 2.77 bits per heavy atom. The van der Waals surface area contributed by atoms with Crippen LogP contribution in [0.1, 0.15) is 19.3 Å². The van der Waals surface area contributed by atoms with Crippen molar-refractivity contribution in [3.05, 3.63) is 0 Å². The van der Waals surface area contributed by atoms with Gasteiger partial charge in [-0.1, -0.05) is 0 Å². The summed E-state index contributed by atoms with van der Waals surface area (Å²) in [6, 6.07) is 0. The first kappa shape index (κ1) is 9.06. The molecule has 0 aromatic carbocycles. The Morgan fingerprint density at radius 1 is 1.23 bits per heavy atom. The fourth-order valence-electron chi connectivity index (χ4n) is 2.07. The van der Waals surface area contributed by atoms with Crippen LogP contribution in [0, 0.1) is 5.41 Å². The van der Waals surface area contributed by atoms with Crippen LogP contribution in [0.15, 0.2) is 0 Å². The van der Waals surface area contributed by atoms with Gasteiger partial charge in [0, 0.05) is 18.7 Å². The maximum Gasteiger partial charge on any atom is 0.233 e. The Morgan fingerprint density at radius 2 is 2.08 bits per heavy atom. The van der Waals surface area contributed by atoms with E-state index in [1.54, 1.807) is 11.8 Å². The van der Waals surface area contributed by atoms with E-state index < -0.39 is 5.41 Å². The Labute approximate surface area is 81.6 Å². The van der Waals surface area contributed by atoms with Crippen LogP contribution < -0.4 is 5.32 Å². The summed E-state index contributed by atoms with van der Waals surface area (Å²) >= 11 is 1.78. The molecule has 3 nitrogen and oxygen atoms in total. The molecule has 1 N–H and O–H groups in total. The molecule has 2 heterocycles. The second-order valence-corrected chi connectivity index (χ2v) is 4.85. The number of thioether (sulfide) groups is 1. The standard InChI is InChI=1S/C9H13NO2S/c11-7-1-5-13-6-3-9(7)2-4-10-8(9)12/h1-6H2,(H,10,12). The van der Waals surface area contributed by atoms with Crippen molar-refractivity contribution >= 4 is 23.5 Å². The van der Waals surface area contributed by atoms with Gasteiger partial charge in [0.15, 0.2) is 0 Å². The summed E-state index contributed by atoms with van der Waals surface area (Å²) in [5.41, 5.74) is -0.635. The van der Waals surface area contributed by atoms with Gasteiger partial charge in [-0.25, -0.2) is 0 Å². The Balaban J connectivity index is 2.26. The van der Waals surface area contributed by atoms with E-state index in [4.69, 9.17) is 0 Å². The van der Waals surface area contributed by atoms with E-state index >= 15 is 0 Å². The Bertz CT molecular complexity index is 254. The third kappa shape index (κ3) is 1.37. The first-order valence-corrected chi connectivity index (χ1v) is 5.80. The topological polar surface area (TPSA) is 46.2 Å². The van der Waals surface area contributed by atoms with Gasteiger partial charge in [0.1, 0.15) is 11.2 Å². The van der Waals surface area contributed by atoms with Crippen LogP contribution >= 0.6 is 11.8 Å². The van der Waals surface area contributed by atoms with E-state index in [-0.39, 0.29) is 11.7 Å². The van der Waals surface area contributed by atoms with Crippen LogP contribution in [0.5, 0.6) is 0 Å². The molecule has 1 spiro atoms. The van der Waals surface area contributed by atoms with Gasteiger partial charge in [-0.3, -0.25) is 9.59 Å². The summed E-state index contributed by atoms with van der Waals surface area (Å²) in [6.45, 7) is 0.676. The van der Waals surface area contributed by atoms with Gasteiger partial charge in [0.05, 0.1) is 0 Å². The summed E-state index contributed by atoms with van der Waals surface area (Å²) in [4.78, 5) is 23.3. The molecular weight excluding hydrogens is 186 g/mol. The van der Waals surface area contributed by atoms with Crippen molar-refractivity contribution in [1.82, 2.24) is 5.32 Å². The molecule has 0 saturated carbocycles. The molecule has 2 saturated heterocycles. The minimum absolute atomic E-state index is 0.0278. The zero-order valence-corrected chi connectivity index (χ0v) is 8.28.